The summed E-state index contributed by atoms with van der Waals surface area (Å²) < 4.78 is 5.62. The number of amides is 1. The minimum atomic E-state index is -0.628. The zero-order valence-electron chi connectivity index (χ0n) is 14.5. The Morgan fingerprint density at radius 1 is 1.08 bits per heavy atom. The number of rotatable bonds is 7. The van der Waals surface area contributed by atoms with Gasteiger partial charge in [-0.05, 0) is 36.6 Å². The van der Waals surface area contributed by atoms with E-state index in [4.69, 9.17) is 4.74 Å². The first kappa shape index (κ1) is 18.0. The minimum Gasteiger partial charge on any atom is -0.493 e. The van der Waals surface area contributed by atoms with E-state index in [0.29, 0.717) is 23.8 Å². The number of carbonyl (C=O) groups excluding carboxylic acids is 1. The second kappa shape index (κ2) is 8.50. The smallest absolute Gasteiger partial charge is 0.227 e. The summed E-state index contributed by atoms with van der Waals surface area (Å²) in [4.78, 5) is 12.0. The van der Waals surface area contributed by atoms with Crippen LogP contribution in [0.5, 0.6) is 5.75 Å². The molecule has 0 saturated carbocycles. The van der Waals surface area contributed by atoms with E-state index in [9.17, 15) is 9.90 Å². The minimum absolute atomic E-state index is 0.137. The van der Waals surface area contributed by atoms with Gasteiger partial charge in [0.2, 0.25) is 5.91 Å². The highest BCUT2D eigenvalue weighted by Crippen LogP contribution is 2.22. The number of anilines is 1. The molecule has 0 aromatic heterocycles. The fourth-order valence-electron chi connectivity index (χ4n) is 2.40. The molecule has 0 aliphatic rings. The normalized spacial score (nSPS) is 12.0. The van der Waals surface area contributed by atoms with Crippen LogP contribution in [0, 0.1) is 0 Å². The van der Waals surface area contributed by atoms with Crippen LogP contribution in [0.3, 0.4) is 0 Å². The molecule has 24 heavy (non-hydrogen) atoms. The third kappa shape index (κ3) is 5.10. The van der Waals surface area contributed by atoms with Crippen LogP contribution in [0.1, 0.15) is 50.3 Å². The van der Waals surface area contributed by atoms with Gasteiger partial charge in [0.05, 0.1) is 19.1 Å². The summed E-state index contributed by atoms with van der Waals surface area (Å²) in [5.74, 6) is 1.11. The molecule has 1 amide bonds. The van der Waals surface area contributed by atoms with Gasteiger partial charge >= 0.3 is 0 Å². The van der Waals surface area contributed by atoms with Crippen molar-refractivity contribution in [2.75, 3.05) is 11.9 Å². The first-order valence-electron chi connectivity index (χ1n) is 8.27. The summed E-state index contributed by atoms with van der Waals surface area (Å²) in [6.45, 7) is 6.27. The molecule has 0 saturated heterocycles. The largest absolute Gasteiger partial charge is 0.493 e. The fourth-order valence-corrected chi connectivity index (χ4v) is 2.40. The van der Waals surface area contributed by atoms with Gasteiger partial charge in [-0.3, -0.25) is 4.79 Å². The van der Waals surface area contributed by atoms with Gasteiger partial charge in [-0.25, -0.2) is 0 Å². The van der Waals surface area contributed by atoms with Crippen molar-refractivity contribution in [3.63, 3.8) is 0 Å². The maximum absolute atomic E-state index is 12.0. The van der Waals surface area contributed by atoms with Gasteiger partial charge in [0, 0.05) is 11.3 Å². The number of aliphatic hydroxyl groups excluding tert-OH is 1. The van der Waals surface area contributed by atoms with Crippen LogP contribution in [0.4, 0.5) is 5.69 Å². The maximum Gasteiger partial charge on any atom is 0.227 e. The summed E-state index contributed by atoms with van der Waals surface area (Å²) >= 11 is 0. The van der Waals surface area contributed by atoms with Crippen LogP contribution in [0.25, 0.3) is 0 Å². The topological polar surface area (TPSA) is 58.6 Å². The molecule has 0 heterocycles. The highest BCUT2D eigenvalue weighted by atomic mass is 16.5. The summed E-state index contributed by atoms with van der Waals surface area (Å²) in [7, 11) is 0. The summed E-state index contributed by atoms with van der Waals surface area (Å²) in [5, 5.41) is 12.6. The summed E-state index contributed by atoms with van der Waals surface area (Å²) in [5.41, 5.74) is 2.60. The summed E-state index contributed by atoms with van der Waals surface area (Å²) in [6.07, 6.45) is -0.377. The molecular formula is C20H25NO3. The molecule has 0 aliphatic carbocycles. The molecule has 2 rings (SSSR count). The van der Waals surface area contributed by atoms with Crippen molar-refractivity contribution < 1.29 is 14.6 Å². The zero-order valence-corrected chi connectivity index (χ0v) is 14.5. The van der Waals surface area contributed by atoms with Gasteiger partial charge in [-0.1, -0.05) is 44.2 Å². The molecule has 0 aliphatic heterocycles. The average molecular weight is 327 g/mol. The second-order valence-electron chi connectivity index (χ2n) is 6.13. The number of hydrogen-bond donors (Lipinski definition) is 2. The number of benzene rings is 2. The Bertz CT molecular complexity index is 663. The molecule has 4 heteroatoms. The quantitative estimate of drug-likeness (QED) is 0.798. The predicted octanol–water partition coefficient (Wildman–Crippen LogP) is 4.27. The lowest BCUT2D eigenvalue weighted by atomic mass is 10.0. The molecule has 1 atom stereocenters. The van der Waals surface area contributed by atoms with Crippen LogP contribution in [0.15, 0.2) is 48.5 Å². The monoisotopic (exact) mass is 327 g/mol. The lowest BCUT2D eigenvalue weighted by Crippen LogP contribution is -2.16. The van der Waals surface area contributed by atoms with Crippen LogP contribution < -0.4 is 10.1 Å². The molecule has 1 unspecified atom stereocenters. The lowest BCUT2D eigenvalue weighted by Gasteiger charge is -2.13. The highest BCUT2D eigenvalue weighted by Gasteiger charge is 2.10. The van der Waals surface area contributed by atoms with Crippen LogP contribution in [0.2, 0.25) is 0 Å². The molecule has 0 spiro atoms. The van der Waals surface area contributed by atoms with Gasteiger partial charge in [0.1, 0.15) is 5.75 Å². The molecule has 0 bridgehead atoms. The Morgan fingerprint density at radius 3 is 2.38 bits per heavy atom. The Kier molecular flexibility index (Phi) is 6.38. The van der Waals surface area contributed by atoms with Crippen LogP contribution >= 0.6 is 0 Å². The van der Waals surface area contributed by atoms with Crippen molar-refractivity contribution in [2.24, 2.45) is 0 Å². The molecule has 2 aromatic rings. The zero-order chi connectivity index (χ0) is 17.5. The molecular weight excluding hydrogens is 302 g/mol. The molecule has 4 nitrogen and oxygen atoms in total. The average Bonchev–Trinajstić information content (AvgIpc) is 2.55. The number of nitrogens with one attached hydrogen (secondary N) is 1. The Balaban J connectivity index is 1.83. The third-order valence-electron chi connectivity index (χ3n) is 3.83. The van der Waals surface area contributed by atoms with E-state index in [1.54, 1.807) is 19.1 Å². The SMILES string of the molecule is CC(C)c1ccc(OCCC(=O)Nc2ccccc2C(C)O)cc1. The van der Waals surface area contributed by atoms with E-state index in [1.807, 2.05) is 36.4 Å². The number of aliphatic hydroxyl groups is 1. The van der Waals surface area contributed by atoms with Crippen LogP contribution in [-0.2, 0) is 4.79 Å². The molecule has 2 N–H and O–H groups in total. The first-order chi connectivity index (χ1) is 11.5. The first-order valence-corrected chi connectivity index (χ1v) is 8.27. The molecule has 2 aromatic carbocycles. The Morgan fingerprint density at radius 2 is 1.75 bits per heavy atom. The van der Waals surface area contributed by atoms with E-state index < -0.39 is 6.10 Å². The van der Waals surface area contributed by atoms with E-state index in [0.717, 1.165) is 5.75 Å². The van der Waals surface area contributed by atoms with E-state index in [1.165, 1.54) is 5.56 Å². The molecule has 0 radical (unpaired) electrons. The van der Waals surface area contributed by atoms with E-state index in [2.05, 4.69) is 19.2 Å². The molecule has 0 fully saturated rings. The predicted molar refractivity (Wildman–Crippen MR) is 96.3 cm³/mol. The van der Waals surface area contributed by atoms with Gasteiger partial charge in [0.15, 0.2) is 0 Å². The van der Waals surface area contributed by atoms with Gasteiger partial charge in [0.25, 0.3) is 0 Å². The van der Waals surface area contributed by atoms with Crippen molar-refractivity contribution in [2.45, 2.75) is 39.2 Å². The van der Waals surface area contributed by atoms with E-state index in [-0.39, 0.29) is 12.3 Å². The standard InChI is InChI=1S/C20H25NO3/c1-14(2)16-8-10-17(11-9-16)24-13-12-20(23)21-19-7-5-4-6-18(19)15(3)22/h4-11,14-15,22H,12-13H2,1-3H3,(H,21,23). The second-order valence-corrected chi connectivity index (χ2v) is 6.13. The Hall–Kier alpha value is -2.33. The summed E-state index contributed by atoms with van der Waals surface area (Å²) in [6, 6.07) is 15.2. The van der Waals surface area contributed by atoms with Crippen molar-refractivity contribution >= 4 is 11.6 Å². The fraction of sp³-hybridized carbons (Fsp3) is 0.350. The van der Waals surface area contributed by atoms with Crippen molar-refractivity contribution in [1.82, 2.24) is 0 Å². The number of hydrogen-bond acceptors (Lipinski definition) is 3. The van der Waals surface area contributed by atoms with Crippen molar-refractivity contribution in [1.29, 1.82) is 0 Å². The van der Waals surface area contributed by atoms with Crippen LogP contribution in [-0.4, -0.2) is 17.6 Å². The third-order valence-corrected chi connectivity index (χ3v) is 3.83. The maximum atomic E-state index is 12.0. The Labute approximate surface area is 143 Å². The lowest BCUT2D eigenvalue weighted by molar-refractivity contribution is -0.116. The van der Waals surface area contributed by atoms with Gasteiger partial charge in [-0.15, -0.1) is 0 Å². The van der Waals surface area contributed by atoms with Gasteiger partial charge < -0.3 is 15.2 Å². The number of para-hydroxylation sites is 1. The number of ether oxygens (including phenoxy) is 1. The molecule has 128 valence electrons. The van der Waals surface area contributed by atoms with E-state index >= 15 is 0 Å². The van der Waals surface area contributed by atoms with Crippen molar-refractivity contribution in [3.05, 3.63) is 59.7 Å². The van der Waals surface area contributed by atoms with Crippen molar-refractivity contribution in [3.8, 4) is 5.75 Å². The highest BCUT2D eigenvalue weighted by molar-refractivity contribution is 5.91. The number of carbonyl (C=O) groups is 1. The van der Waals surface area contributed by atoms with Gasteiger partial charge in [-0.2, -0.15) is 0 Å².